The van der Waals surface area contributed by atoms with Gasteiger partial charge in [0, 0.05) is 19.1 Å². The van der Waals surface area contributed by atoms with Crippen molar-refractivity contribution in [3.8, 4) is 0 Å². The molecule has 1 saturated carbocycles. The van der Waals surface area contributed by atoms with Crippen molar-refractivity contribution in [2.45, 2.75) is 45.2 Å². The number of aliphatic hydroxyl groups excluding tert-OH is 1. The smallest absolute Gasteiger partial charge is 0.146 e. The van der Waals surface area contributed by atoms with E-state index in [1.54, 1.807) is 6.07 Å². The van der Waals surface area contributed by atoms with Gasteiger partial charge in [0.05, 0.1) is 12.3 Å². The van der Waals surface area contributed by atoms with Crippen molar-refractivity contribution >= 4 is 5.69 Å². The molecule has 0 spiro atoms. The molecule has 1 aliphatic rings. The number of halogens is 1. The maximum absolute atomic E-state index is 14.4. The molecule has 2 rings (SSSR count). The third-order valence-corrected chi connectivity index (χ3v) is 4.01. The molecule has 0 amide bonds. The number of anilines is 1. The Labute approximate surface area is 120 Å². The SMILES string of the molecule is CCNCc1ccc(N(CCO)C2CCCC2)c(F)c1. The van der Waals surface area contributed by atoms with E-state index in [2.05, 4.69) is 5.32 Å². The van der Waals surface area contributed by atoms with Crippen LogP contribution in [0.1, 0.15) is 38.2 Å². The normalized spacial score (nSPS) is 15.8. The molecule has 4 heteroatoms. The van der Waals surface area contributed by atoms with Gasteiger partial charge in [-0.2, -0.15) is 0 Å². The fraction of sp³-hybridized carbons (Fsp3) is 0.625. The van der Waals surface area contributed by atoms with Crippen LogP contribution in [0.15, 0.2) is 18.2 Å². The Hall–Kier alpha value is -1.13. The highest BCUT2D eigenvalue weighted by atomic mass is 19.1. The Kier molecular flexibility index (Phi) is 5.80. The van der Waals surface area contributed by atoms with E-state index in [4.69, 9.17) is 0 Å². The molecule has 1 fully saturated rings. The van der Waals surface area contributed by atoms with Crippen LogP contribution in [0.3, 0.4) is 0 Å². The van der Waals surface area contributed by atoms with E-state index in [-0.39, 0.29) is 12.4 Å². The van der Waals surface area contributed by atoms with Gasteiger partial charge in [-0.25, -0.2) is 4.39 Å². The van der Waals surface area contributed by atoms with Crippen LogP contribution in [0.4, 0.5) is 10.1 Å². The quantitative estimate of drug-likeness (QED) is 0.806. The lowest BCUT2D eigenvalue weighted by atomic mass is 10.1. The van der Waals surface area contributed by atoms with Gasteiger partial charge in [-0.3, -0.25) is 0 Å². The maximum atomic E-state index is 14.4. The van der Waals surface area contributed by atoms with Crippen LogP contribution in [0, 0.1) is 5.82 Å². The highest BCUT2D eigenvalue weighted by molar-refractivity contribution is 5.50. The summed E-state index contributed by atoms with van der Waals surface area (Å²) in [6.07, 6.45) is 4.59. The summed E-state index contributed by atoms with van der Waals surface area (Å²) in [6.45, 7) is 4.18. The average molecular weight is 280 g/mol. The van der Waals surface area contributed by atoms with Gasteiger partial charge in [-0.05, 0) is 37.1 Å². The van der Waals surface area contributed by atoms with Crippen molar-refractivity contribution < 1.29 is 9.50 Å². The molecule has 0 heterocycles. The summed E-state index contributed by atoms with van der Waals surface area (Å²) < 4.78 is 14.4. The van der Waals surface area contributed by atoms with Crippen LogP contribution in [0.25, 0.3) is 0 Å². The van der Waals surface area contributed by atoms with Crippen molar-refractivity contribution in [2.75, 3.05) is 24.6 Å². The van der Waals surface area contributed by atoms with Crippen LogP contribution in [-0.4, -0.2) is 30.8 Å². The minimum absolute atomic E-state index is 0.0646. The van der Waals surface area contributed by atoms with Crippen LogP contribution in [0.5, 0.6) is 0 Å². The van der Waals surface area contributed by atoms with E-state index >= 15 is 0 Å². The maximum Gasteiger partial charge on any atom is 0.146 e. The van der Waals surface area contributed by atoms with Crippen LogP contribution in [0.2, 0.25) is 0 Å². The Balaban J connectivity index is 2.15. The summed E-state index contributed by atoms with van der Waals surface area (Å²) in [5, 5.41) is 12.4. The van der Waals surface area contributed by atoms with E-state index in [1.165, 1.54) is 12.8 Å². The summed E-state index contributed by atoms with van der Waals surface area (Å²) in [7, 11) is 0. The third kappa shape index (κ3) is 3.70. The first-order chi connectivity index (χ1) is 9.76. The summed E-state index contributed by atoms with van der Waals surface area (Å²) in [5.74, 6) is -0.180. The van der Waals surface area contributed by atoms with E-state index in [1.807, 2.05) is 24.0 Å². The second kappa shape index (κ2) is 7.60. The van der Waals surface area contributed by atoms with E-state index in [0.717, 1.165) is 24.9 Å². The van der Waals surface area contributed by atoms with Crippen molar-refractivity contribution in [3.05, 3.63) is 29.6 Å². The molecular weight excluding hydrogens is 255 g/mol. The molecule has 0 radical (unpaired) electrons. The number of rotatable bonds is 7. The molecule has 20 heavy (non-hydrogen) atoms. The zero-order valence-electron chi connectivity index (χ0n) is 12.2. The van der Waals surface area contributed by atoms with Crippen molar-refractivity contribution in [3.63, 3.8) is 0 Å². The molecule has 112 valence electrons. The predicted molar refractivity (Wildman–Crippen MR) is 80.5 cm³/mol. The third-order valence-electron chi connectivity index (χ3n) is 4.01. The standard InChI is InChI=1S/C16H25FN2O/c1-2-18-12-13-7-8-16(15(17)11-13)19(9-10-20)14-5-3-4-6-14/h7-8,11,14,18,20H,2-6,9-10,12H2,1H3. The lowest BCUT2D eigenvalue weighted by Gasteiger charge is -2.31. The molecule has 2 N–H and O–H groups in total. The molecule has 0 bridgehead atoms. The molecule has 0 aliphatic heterocycles. The summed E-state index contributed by atoms with van der Waals surface area (Å²) >= 11 is 0. The Morgan fingerprint density at radius 2 is 2.10 bits per heavy atom. The highest BCUT2D eigenvalue weighted by Gasteiger charge is 2.24. The second-order valence-electron chi connectivity index (χ2n) is 5.42. The van der Waals surface area contributed by atoms with Gasteiger partial charge in [-0.15, -0.1) is 0 Å². The van der Waals surface area contributed by atoms with Gasteiger partial charge in [-0.1, -0.05) is 25.8 Å². The number of hydrogen-bond acceptors (Lipinski definition) is 3. The zero-order valence-corrected chi connectivity index (χ0v) is 12.2. The van der Waals surface area contributed by atoms with Crippen molar-refractivity contribution in [1.82, 2.24) is 5.32 Å². The van der Waals surface area contributed by atoms with Crippen LogP contribution >= 0.6 is 0 Å². The molecular formula is C16H25FN2O. The fourth-order valence-corrected chi connectivity index (χ4v) is 2.99. The Bertz CT molecular complexity index is 419. The molecule has 0 saturated heterocycles. The first-order valence-corrected chi connectivity index (χ1v) is 7.63. The van der Waals surface area contributed by atoms with E-state index in [0.29, 0.717) is 24.8 Å². The van der Waals surface area contributed by atoms with Gasteiger partial charge in [0.15, 0.2) is 0 Å². The van der Waals surface area contributed by atoms with E-state index < -0.39 is 0 Å². The monoisotopic (exact) mass is 280 g/mol. The van der Waals surface area contributed by atoms with Crippen LogP contribution < -0.4 is 10.2 Å². The number of nitrogens with one attached hydrogen (secondary N) is 1. The number of aliphatic hydroxyl groups is 1. The number of hydrogen-bond donors (Lipinski definition) is 2. The van der Waals surface area contributed by atoms with Crippen molar-refractivity contribution in [1.29, 1.82) is 0 Å². The lowest BCUT2D eigenvalue weighted by molar-refractivity contribution is 0.296. The Morgan fingerprint density at radius 1 is 1.35 bits per heavy atom. The van der Waals surface area contributed by atoms with Gasteiger partial charge in [0.25, 0.3) is 0 Å². The lowest BCUT2D eigenvalue weighted by Crippen LogP contribution is -2.36. The van der Waals surface area contributed by atoms with Gasteiger partial charge in [0.2, 0.25) is 0 Å². The summed E-state index contributed by atoms with van der Waals surface area (Å²) in [5.41, 5.74) is 1.59. The van der Waals surface area contributed by atoms with Gasteiger partial charge >= 0.3 is 0 Å². The topological polar surface area (TPSA) is 35.5 Å². The van der Waals surface area contributed by atoms with Gasteiger partial charge in [0.1, 0.15) is 5.82 Å². The van der Waals surface area contributed by atoms with Gasteiger partial charge < -0.3 is 15.3 Å². The zero-order chi connectivity index (χ0) is 14.4. The predicted octanol–water partition coefficient (Wildman–Crippen LogP) is 2.68. The minimum atomic E-state index is -0.180. The molecule has 1 aromatic carbocycles. The van der Waals surface area contributed by atoms with Crippen molar-refractivity contribution in [2.24, 2.45) is 0 Å². The summed E-state index contributed by atoms with van der Waals surface area (Å²) in [4.78, 5) is 2.04. The van der Waals surface area contributed by atoms with Crippen LogP contribution in [-0.2, 0) is 6.54 Å². The molecule has 3 nitrogen and oxygen atoms in total. The second-order valence-corrected chi connectivity index (χ2v) is 5.42. The Morgan fingerprint density at radius 3 is 2.70 bits per heavy atom. The molecule has 0 aromatic heterocycles. The largest absolute Gasteiger partial charge is 0.395 e. The number of nitrogens with zero attached hydrogens (tertiary/aromatic N) is 1. The molecule has 1 aliphatic carbocycles. The first kappa shape index (κ1) is 15.3. The molecule has 1 aromatic rings. The number of benzene rings is 1. The molecule has 0 atom stereocenters. The molecule has 0 unspecified atom stereocenters. The average Bonchev–Trinajstić information content (AvgIpc) is 2.97. The minimum Gasteiger partial charge on any atom is -0.395 e. The fourth-order valence-electron chi connectivity index (χ4n) is 2.99. The highest BCUT2D eigenvalue weighted by Crippen LogP contribution is 2.30. The van der Waals surface area contributed by atoms with E-state index in [9.17, 15) is 9.50 Å². The summed E-state index contributed by atoms with van der Waals surface area (Å²) in [6, 6.07) is 5.81. The first-order valence-electron chi connectivity index (χ1n) is 7.63.